The Hall–Kier alpha value is -1.78. The third-order valence-electron chi connectivity index (χ3n) is 4.18. The first-order valence-corrected chi connectivity index (χ1v) is 7.27. The van der Waals surface area contributed by atoms with E-state index in [4.69, 9.17) is 10.9 Å². The number of nitrogens with two attached hydrogens (primary N) is 1. The fourth-order valence-corrected chi connectivity index (χ4v) is 2.97. The van der Waals surface area contributed by atoms with Gasteiger partial charge in [-0.3, -0.25) is 0 Å². The number of pyridine rings is 1. The van der Waals surface area contributed by atoms with Crippen LogP contribution in [0.3, 0.4) is 0 Å². The van der Waals surface area contributed by atoms with E-state index in [1.807, 2.05) is 19.9 Å². The van der Waals surface area contributed by atoms with E-state index in [-0.39, 0.29) is 5.84 Å². The lowest BCUT2D eigenvalue weighted by molar-refractivity contribution is 0.318. The van der Waals surface area contributed by atoms with Gasteiger partial charge in [0.05, 0.1) is 5.56 Å². The molecule has 0 aliphatic carbocycles. The summed E-state index contributed by atoms with van der Waals surface area (Å²) in [6.07, 6.45) is 3.60. The van der Waals surface area contributed by atoms with Crippen LogP contribution < -0.4 is 10.6 Å². The number of aryl methyl sites for hydroxylation is 2. The number of piperidine rings is 1. The molecule has 0 atom stereocenters. The number of amidine groups is 1. The van der Waals surface area contributed by atoms with Crippen molar-refractivity contribution in [1.29, 1.82) is 0 Å². The molecule has 0 bridgehead atoms. The molecule has 2 rings (SSSR count). The molecule has 1 aromatic rings. The quantitative estimate of drug-likeness (QED) is 0.385. The lowest BCUT2D eigenvalue weighted by atomic mass is 9.94. The maximum Gasteiger partial charge on any atom is 0.174 e. The highest BCUT2D eigenvalue weighted by atomic mass is 16.4. The smallest absolute Gasteiger partial charge is 0.174 e. The number of hydrogen-bond donors (Lipinski definition) is 2. The molecule has 0 radical (unpaired) electrons. The zero-order valence-corrected chi connectivity index (χ0v) is 12.6. The molecule has 0 saturated carbocycles. The van der Waals surface area contributed by atoms with Crippen LogP contribution in [0, 0.1) is 19.8 Å². The molecule has 1 saturated heterocycles. The van der Waals surface area contributed by atoms with E-state index < -0.39 is 0 Å². The van der Waals surface area contributed by atoms with Gasteiger partial charge in [0.1, 0.15) is 5.82 Å². The van der Waals surface area contributed by atoms with Crippen molar-refractivity contribution in [2.45, 2.75) is 40.0 Å². The summed E-state index contributed by atoms with van der Waals surface area (Å²) in [5, 5.41) is 12.2. The van der Waals surface area contributed by atoms with Crippen LogP contribution in [0.4, 0.5) is 5.82 Å². The van der Waals surface area contributed by atoms with Crippen molar-refractivity contribution in [1.82, 2.24) is 4.98 Å². The fraction of sp³-hybridized carbons (Fsp3) is 0.600. The minimum Gasteiger partial charge on any atom is -0.409 e. The first kappa shape index (κ1) is 14.6. The fourth-order valence-electron chi connectivity index (χ4n) is 2.97. The molecule has 2 heterocycles. The molecule has 0 unspecified atom stereocenters. The SMILES string of the molecule is CCC1CCN(c2nc(C)cc(C)c2C(N)=NO)CC1. The van der Waals surface area contributed by atoms with Crippen LogP contribution in [-0.2, 0) is 0 Å². The Kier molecular flexibility index (Phi) is 4.47. The van der Waals surface area contributed by atoms with Gasteiger partial charge in [0, 0.05) is 18.8 Å². The van der Waals surface area contributed by atoms with Crippen molar-refractivity contribution in [3.05, 3.63) is 22.9 Å². The van der Waals surface area contributed by atoms with Crippen molar-refractivity contribution in [3.63, 3.8) is 0 Å². The van der Waals surface area contributed by atoms with Crippen LogP contribution in [0.2, 0.25) is 0 Å². The molecule has 1 aromatic heterocycles. The van der Waals surface area contributed by atoms with Gasteiger partial charge in [0.2, 0.25) is 0 Å². The lowest BCUT2D eigenvalue weighted by Crippen LogP contribution is -2.36. The first-order chi connectivity index (χ1) is 9.56. The number of anilines is 1. The van der Waals surface area contributed by atoms with Crippen molar-refractivity contribution >= 4 is 11.7 Å². The lowest BCUT2D eigenvalue weighted by Gasteiger charge is -2.34. The summed E-state index contributed by atoms with van der Waals surface area (Å²) in [7, 11) is 0. The minimum absolute atomic E-state index is 0.141. The number of nitrogens with zero attached hydrogens (tertiary/aromatic N) is 3. The molecule has 3 N–H and O–H groups in total. The van der Waals surface area contributed by atoms with Gasteiger partial charge in [-0.05, 0) is 44.2 Å². The van der Waals surface area contributed by atoms with Crippen LogP contribution in [0.1, 0.15) is 43.0 Å². The van der Waals surface area contributed by atoms with E-state index in [2.05, 4.69) is 22.0 Å². The van der Waals surface area contributed by atoms with Gasteiger partial charge in [-0.1, -0.05) is 18.5 Å². The highest BCUT2D eigenvalue weighted by Gasteiger charge is 2.23. The Morgan fingerprint density at radius 2 is 2.10 bits per heavy atom. The van der Waals surface area contributed by atoms with Crippen LogP contribution in [0.5, 0.6) is 0 Å². The Morgan fingerprint density at radius 1 is 1.45 bits per heavy atom. The average molecular weight is 276 g/mol. The Labute approximate surface area is 120 Å². The summed E-state index contributed by atoms with van der Waals surface area (Å²) in [5.74, 6) is 1.81. The third kappa shape index (κ3) is 2.86. The monoisotopic (exact) mass is 276 g/mol. The molecule has 5 nitrogen and oxygen atoms in total. The zero-order valence-electron chi connectivity index (χ0n) is 12.6. The number of rotatable bonds is 3. The zero-order chi connectivity index (χ0) is 14.7. The normalized spacial score (nSPS) is 17.6. The Balaban J connectivity index is 2.36. The van der Waals surface area contributed by atoms with E-state index in [9.17, 15) is 0 Å². The van der Waals surface area contributed by atoms with Gasteiger partial charge in [-0.15, -0.1) is 0 Å². The topological polar surface area (TPSA) is 74.7 Å². The molecule has 1 aliphatic rings. The van der Waals surface area contributed by atoms with Gasteiger partial charge >= 0.3 is 0 Å². The molecular weight excluding hydrogens is 252 g/mol. The van der Waals surface area contributed by atoms with Crippen LogP contribution in [0.15, 0.2) is 11.2 Å². The summed E-state index contributed by atoms with van der Waals surface area (Å²) < 4.78 is 0. The average Bonchev–Trinajstić information content (AvgIpc) is 2.46. The molecule has 1 fully saturated rings. The van der Waals surface area contributed by atoms with Crippen molar-refractivity contribution in [2.75, 3.05) is 18.0 Å². The van der Waals surface area contributed by atoms with Gasteiger partial charge in [-0.25, -0.2) is 4.98 Å². The first-order valence-electron chi connectivity index (χ1n) is 7.27. The summed E-state index contributed by atoms with van der Waals surface area (Å²) in [6.45, 7) is 8.17. The second-order valence-corrected chi connectivity index (χ2v) is 5.60. The molecule has 20 heavy (non-hydrogen) atoms. The van der Waals surface area contributed by atoms with Crippen molar-refractivity contribution < 1.29 is 5.21 Å². The van der Waals surface area contributed by atoms with Gasteiger partial charge in [0.15, 0.2) is 5.84 Å². The van der Waals surface area contributed by atoms with Crippen LogP contribution in [0.25, 0.3) is 0 Å². The summed E-state index contributed by atoms with van der Waals surface area (Å²) in [4.78, 5) is 6.89. The van der Waals surface area contributed by atoms with E-state index >= 15 is 0 Å². The maximum atomic E-state index is 9.00. The second kappa shape index (κ2) is 6.11. The minimum atomic E-state index is 0.141. The van der Waals surface area contributed by atoms with E-state index in [0.717, 1.165) is 41.6 Å². The largest absolute Gasteiger partial charge is 0.409 e. The van der Waals surface area contributed by atoms with Crippen LogP contribution in [-0.4, -0.2) is 29.1 Å². The van der Waals surface area contributed by atoms with Gasteiger partial charge in [0.25, 0.3) is 0 Å². The Morgan fingerprint density at radius 3 is 2.65 bits per heavy atom. The summed E-state index contributed by atoms with van der Waals surface area (Å²) in [5.41, 5.74) is 8.56. The highest BCUT2D eigenvalue weighted by Crippen LogP contribution is 2.28. The van der Waals surface area contributed by atoms with Crippen molar-refractivity contribution in [2.24, 2.45) is 16.8 Å². The molecule has 0 spiro atoms. The van der Waals surface area contributed by atoms with E-state index in [1.54, 1.807) is 0 Å². The second-order valence-electron chi connectivity index (χ2n) is 5.60. The molecule has 110 valence electrons. The number of hydrogen-bond acceptors (Lipinski definition) is 4. The standard InChI is InChI=1S/C15H24N4O/c1-4-12-5-7-19(8-6-12)15-13(14(16)18-20)10(2)9-11(3)17-15/h9,12,20H,4-8H2,1-3H3,(H2,16,18). The molecular formula is C15H24N4O. The predicted molar refractivity (Wildman–Crippen MR) is 81.4 cm³/mol. The summed E-state index contributed by atoms with van der Waals surface area (Å²) >= 11 is 0. The molecule has 0 amide bonds. The third-order valence-corrected chi connectivity index (χ3v) is 4.18. The van der Waals surface area contributed by atoms with Gasteiger partial charge < -0.3 is 15.8 Å². The van der Waals surface area contributed by atoms with Crippen molar-refractivity contribution in [3.8, 4) is 0 Å². The van der Waals surface area contributed by atoms with Gasteiger partial charge in [-0.2, -0.15) is 0 Å². The highest BCUT2D eigenvalue weighted by molar-refractivity contribution is 6.02. The van der Waals surface area contributed by atoms with E-state index in [0.29, 0.717) is 0 Å². The van der Waals surface area contributed by atoms with Crippen LogP contribution >= 0.6 is 0 Å². The number of aromatic nitrogens is 1. The maximum absolute atomic E-state index is 9.00. The Bertz CT molecular complexity index is 505. The number of oxime groups is 1. The van der Waals surface area contributed by atoms with E-state index in [1.165, 1.54) is 19.3 Å². The molecule has 0 aromatic carbocycles. The predicted octanol–water partition coefficient (Wildman–Crippen LogP) is 2.42. The summed E-state index contributed by atoms with van der Waals surface area (Å²) in [6, 6.07) is 1.97. The molecule has 5 heteroatoms. The molecule has 1 aliphatic heterocycles.